The number of pyridine rings is 1. The Hall–Kier alpha value is -2.08. The number of fused-ring (bicyclic) bond motifs is 1. The van der Waals surface area contributed by atoms with Crippen molar-refractivity contribution in [3.8, 4) is 0 Å². The molecule has 2 N–H and O–H groups in total. The summed E-state index contributed by atoms with van der Waals surface area (Å²) in [4.78, 5) is 18.3. The Balaban J connectivity index is 1.99. The fraction of sp³-hybridized carbons (Fsp3) is 0.467. The fourth-order valence-corrected chi connectivity index (χ4v) is 3.12. The van der Waals surface area contributed by atoms with Gasteiger partial charge in [-0.05, 0) is 44.5 Å². The third-order valence-electron chi connectivity index (χ3n) is 4.03. The van der Waals surface area contributed by atoms with Gasteiger partial charge >= 0.3 is 5.97 Å². The first kappa shape index (κ1) is 13.9. The largest absolute Gasteiger partial charge is 0.476 e. The summed E-state index contributed by atoms with van der Waals surface area (Å²) in [6.45, 7) is 2.67. The molecule has 0 saturated carbocycles. The second-order valence-corrected chi connectivity index (χ2v) is 5.53. The number of carbonyl (C=O) groups is 1. The lowest BCUT2D eigenvalue weighted by molar-refractivity contribution is 0.0690. The number of piperidine rings is 1. The van der Waals surface area contributed by atoms with E-state index in [1.165, 1.54) is 6.42 Å². The van der Waals surface area contributed by atoms with Crippen molar-refractivity contribution in [1.29, 1.82) is 0 Å². The highest BCUT2D eigenvalue weighted by Crippen LogP contribution is 2.26. The van der Waals surface area contributed by atoms with E-state index in [4.69, 9.17) is 0 Å². The van der Waals surface area contributed by atoms with Crippen LogP contribution < -0.4 is 10.2 Å². The molecule has 0 aliphatic carbocycles. The molecule has 1 fully saturated rings. The number of carboxylic acid groups (broad SMARTS) is 1. The molecule has 1 aliphatic heterocycles. The van der Waals surface area contributed by atoms with Gasteiger partial charge in [-0.1, -0.05) is 6.07 Å². The van der Waals surface area contributed by atoms with Crippen LogP contribution in [0.25, 0.3) is 5.65 Å². The maximum absolute atomic E-state index is 11.6. The van der Waals surface area contributed by atoms with Gasteiger partial charge in [0.1, 0.15) is 5.65 Å². The molecule has 0 radical (unpaired) electrons. The van der Waals surface area contributed by atoms with E-state index < -0.39 is 5.97 Å². The maximum atomic E-state index is 11.6. The second kappa shape index (κ2) is 5.73. The quantitative estimate of drug-likeness (QED) is 0.891. The van der Waals surface area contributed by atoms with Gasteiger partial charge in [0.2, 0.25) is 0 Å². The zero-order chi connectivity index (χ0) is 14.8. The third kappa shape index (κ3) is 2.58. The Kier molecular flexibility index (Phi) is 3.79. The maximum Gasteiger partial charge on any atom is 0.356 e. The van der Waals surface area contributed by atoms with E-state index in [1.807, 2.05) is 25.2 Å². The molecule has 1 unspecified atom stereocenters. The molecule has 1 atom stereocenters. The highest BCUT2D eigenvalue weighted by Gasteiger charge is 2.27. The van der Waals surface area contributed by atoms with Crippen molar-refractivity contribution in [2.24, 2.45) is 5.92 Å². The molecule has 6 heteroatoms. The smallest absolute Gasteiger partial charge is 0.356 e. The van der Waals surface area contributed by atoms with Crippen LogP contribution in [-0.2, 0) is 0 Å². The zero-order valence-corrected chi connectivity index (χ0v) is 12.1. The standard InChI is InChI=1S/C15H20N4O2/c1-16-9-11-5-4-7-18(10-11)14-13(15(20)21)19-8-3-2-6-12(19)17-14/h2-3,6,8,11,16H,4-5,7,9-10H2,1H3,(H,20,21). The van der Waals surface area contributed by atoms with Crippen LogP contribution in [0.15, 0.2) is 24.4 Å². The number of hydrogen-bond acceptors (Lipinski definition) is 4. The number of aromatic carboxylic acids is 1. The lowest BCUT2D eigenvalue weighted by atomic mass is 9.98. The number of nitrogens with zero attached hydrogens (tertiary/aromatic N) is 3. The molecule has 0 bridgehead atoms. The Bertz CT molecular complexity index is 650. The highest BCUT2D eigenvalue weighted by atomic mass is 16.4. The van der Waals surface area contributed by atoms with E-state index in [0.29, 0.717) is 17.4 Å². The summed E-state index contributed by atoms with van der Waals surface area (Å²) in [6.07, 6.45) is 4.00. The number of imidazole rings is 1. The van der Waals surface area contributed by atoms with Gasteiger partial charge in [0.15, 0.2) is 11.5 Å². The van der Waals surface area contributed by atoms with Crippen LogP contribution in [-0.4, -0.2) is 47.1 Å². The topological polar surface area (TPSA) is 69.9 Å². The number of anilines is 1. The van der Waals surface area contributed by atoms with Crippen LogP contribution in [0.4, 0.5) is 5.82 Å². The van der Waals surface area contributed by atoms with Gasteiger partial charge in [0, 0.05) is 19.3 Å². The van der Waals surface area contributed by atoms with Gasteiger partial charge in [-0.25, -0.2) is 9.78 Å². The van der Waals surface area contributed by atoms with Crippen LogP contribution in [0, 0.1) is 5.92 Å². The number of hydrogen-bond donors (Lipinski definition) is 2. The number of carboxylic acids is 1. The van der Waals surface area contributed by atoms with Crippen molar-refractivity contribution >= 4 is 17.4 Å². The minimum absolute atomic E-state index is 0.260. The molecule has 1 aliphatic rings. The van der Waals surface area contributed by atoms with Gasteiger partial charge in [0.05, 0.1) is 0 Å². The summed E-state index contributed by atoms with van der Waals surface area (Å²) in [5.41, 5.74) is 0.941. The molecule has 3 heterocycles. The Morgan fingerprint density at radius 2 is 2.38 bits per heavy atom. The van der Waals surface area contributed by atoms with Gasteiger partial charge in [-0.15, -0.1) is 0 Å². The summed E-state index contributed by atoms with van der Waals surface area (Å²) in [5, 5.41) is 12.8. The van der Waals surface area contributed by atoms with E-state index in [1.54, 1.807) is 10.6 Å². The molecule has 112 valence electrons. The van der Waals surface area contributed by atoms with E-state index in [0.717, 1.165) is 26.1 Å². The summed E-state index contributed by atoms with van der Waals surface area (Å²) in [6, 6.07) is 5.54. The Labute approximate surface area is 123 Å². The molecular weight excluding hydrogens is 268 g/mol. The van der Waals surface area contributed by atoms with Crippen LogP contribution in [0.3, 0.4) is 0 Å². The van der Waals surface area contributed by atoms with Crippen molar-refractivity contribution in [3.63, 3.8) is 0 Å². The Morgan fingerprint density at radius 3 is 3.14 bits per heavy atom. The molecule has 2 aromatic rings. The van der Waals surface area contributed by atoms with Crippen LogP contribution >= 0.6 is 0 Å². The van der Waals surface area contributed by atoms with Crippen molar-refractivity contribution in [2.45, 2.75) is 12.8 Å². The molecule has 0 amide bonds. The monoisotopic (exact) mass is 288 g/mol. The SMILES string of the molecule is CNCC1CCCN(c2nc3ccccn3c2C(=O)O)C1. The molecule has 1 saturated heterocycles. The van der Waals surface area contributed by atoms with E-state index >= 15 is 0 Å². The fourth-order valence-electron chi connectivity index (χ4n) is 3.12. The summed E-state index contributed by atoms with van der Waals surface area (Å²) < 4.78 is 1.65. The minimum Gasteiger partial charge on any atom is -0.476 e. The average molecular weight is 288 g/mol. The number of rotatable bonds is 4. The van der Waals surface area contributed by atoms with Gasteiger partial charge in [-0.2, -0.15) is 0 Å². The zero-order valence-electron chi connectivity index (χ0n) is 12.1. The van der Waals surface area contributed by atoms with Crippen LogP contribution in [0.2, 0.25) is 0 Å². The normalized spacial score (nSPS) is 19.1. The van der Waals surface area contributed by atoms with E-state index in [-0.39, 0.29) is 5.69 Å². The second-order valence-electron chi connectivity index (χ2n) is 5.53. The van der Waals surface area contributed by atoms with Crippen molar-refractivity contribution in [2.75, 3.05) is 31.6 Å². The molecule has 0 spiro atoms. The summed E-state index contributed by atoms with van der Waals surface area (Å²) >= 11 is 0. The first-order valence-electron chi connectivity index (χ1n) is 7.30. The predicted molar refractivity (Wildman–Crippen MR) is 81.0 cm³/mol. The number of nitrogens with one attached hydrogen (secondary N) is 1. The van der Waals surface area contributed by atoms with Crippen molar-refractivity contribution in [3.05, 3.63) is 30.1 Å². The third-order valence-corrected chi connectivity index (χ3v) is 4.03. The molecule has 21 heavy (non-hydrogen) atoms. The van der Waals surface area contributed by atoms with E-state index in [9.17, 15) is 9.90 Å². The molecule has 0 aromatic carbocycles. The molecule has 2 aromatic heterocycles. The van der Waals surface area contributed by atoms with Gasteiger partial charge in [0.25, 0.3) is 0 Å². The lowest BCUT2D eigenvalue weighted by Gasteiger charge is -2.33. The molecular formula is C15H20N4O2. The van der Waals surface area contributed by atoms with E-state index in [2.05, 4.69) is 15.2 Å². The molecule has 6 nitrogen and oxygen atoms in total. The first-order chi connectivity index (χ1) is 10.2. The average Bonchev–Trinajstić information content (AvgIpc) is 2.87. The lowest BCUT2D eigenvalue weighted by Crippen LogP contribution is -2.39. The predicted octanol–water partition coefficient (Wildman–Crippen LogP) is 1.47. The first-order valence-corrected chi connectivity index (χ1v) is 7.30. The number of aromatic nitrogens is 2. The van der Waals surface area contributed by atoms with Crippen LogP contribution in [0.1, 0.15) is 23.3 Å². The Morgan fingerprint density at radius 1 is 1.52 bits per heavy atom. The van der Waals surface area contributed by atoms with Gasteiger partial charge in [-0.3, -0.25) is 4.40 Å². The minimum atomic E-state index is -0.931. The van der Waals surface area contributed by atoms with Crippen molar-refractivity contribution in [1.82, 2.24) is 14.7 Å². The van der Waals surface area contributed by atoms with Gasteiger partial charge < -0.3 is 15.3 Å². The summed E-state index contributed by atoms with van der Waals surface area (Å²) in [5.74, 6) is 0.198. The summed E-state index contributed by atoms with van der Waals surface area (Å²) in [7, 11) is 1.95. The molecule has 3 rings (SSSR count). The van der Waals surface area contributed by atoms with Crippen molar-refractivity contribution < 1.29 is 9.90 Å². The highest BCUT2D eigenvalue weighted by molar-refractivity contribution is 5.93. The van der Waals surface area contributed by atoms with Crippen LogP contribution in [0.5, 0.6) is 0 Å².